The summed E-state index contributed by atoms with van der Waals surface area (Å²) in [5.41, 5.74) is 10.5. The number of amides is 2. The minimum atomic E-state index is -0.226. The number of nitrogens with two attached hydrogens (primary N) is 1. The van der Waals surface area contributed by atoms with Gasteiger partial charge in [0.05, 0.1) is 10.9 Å². The third-order valence-electron chi connectivity index (χ3n) is 8.56. The Labute approximate surface area is 286 Å². The van der Waals surface area contributed by atoms with Gasteiger partial charge in [0, 0.05) is 106 Å². The Hall–Kier alpha value is -6.26. The van der Waals surface area contributed by atoms with E-state index in [0.717, 1.165) is 35.0 Å². The molecule has 0 aromatic carbocycles. The number of nitrogen functional groups attached to an aromatic ring is 1. The maximum atomic E-state index is 12.8. The molecule has 7 rings (SSSR count). The summed E-state index contributed by atoms with van der Waals surface area (Å²) in [5, 5.41) is 12.3. The van der Waals surface area contributed by atoms with Crippen molar-refractivity contribution in [2.24, 2.45) is 0 Å². The number of fused-ring (bicyclic) bond motifs is 2. The second-order valence-corrected chi connectivity index (χ2v) is 11.9. The summed E-state index contributed by atoms with van der Waals surface area (Å²) in [5.74, 6) is 1.35. The highest BCUT2D eigenvalue weighted by Gasteiger charge is 2.22. The van der Waals surface area contributed by atoms with Gasteiger partial charge in [0.2, 0.25) is 17.8 Å². The molecule has 256 valence electrons. The number of carbonyl (C=O) groups excluding carboxylic acids is 2. The van der Waals surface area contributed by atoms with Crippen LogP contribution in [-0.4, -0.2) is 94.2 Å². The largest absolute Gasteiger partial charge is 0.383 e. The van der Waals surface area contributed by atoms with E-state index in [2.05, 4.69) is 60.3 Å². The van der Waals surface area contributed by atoms with Crippen molar-refractivity contribution in [2.45, 2.75) is 39.3 Å². The number of nitrogens with zero attached hydrogens (tertiary/aromatic N) is 11. The van der Waals surface area contributed by atoms with Crippen molar-refractivity contribution in [2.75, 3.05) is 48.3 Å². The highest BCUT2D eigenvalue weighted by Crippen LogP contribution is 2.31. The maximum Gasteiger partial charge on any atom is 0.254 e. The van der Waals surface area contributed by atoms with Crippen LogP contribution in [-0.2, 0) is 17.9 Å². The van der Waals surface area contributed by atoms with Gasteiger partial charge < -0.3 is 31.2 Å². The predicted molar refractivity (Wildman–Crippen MR) is 187 cm³/mol. The van der Waals surface area contributed by atoms with Crippen LogP contribution in [0.25, 0.3) is 33.3 Å². The fourth-order valence-electron chi connectivity index (χ4n) is 5.78. The van der Waals surface area contributed by atoms with Crippen LogP contribution in [0.5, 0.6) is 0 Å². The van der Waals surface area contributed by atoms with Gasteiger partial charge in [-0.05, 0) is 25.0 Å². The normalized spacial score (nSPS) is 13.2. The average molecular weight is 676 g/mol. The molecule has 1 saturated heterocycles. The summed E-state index contributed by atoms with van der Waals surface area (Å²) in [6.45, 7) is 6.08. The van der Waals surface area contributed by atoms with E-state index in [4.69, 9.17) is 10.8 Å². The molecule has 0 atom stereocenters. The monoisotopic (exact) mass is 675 g/mol. The topological polar surface area (TPSA) is 215 Å². The molecule has 7 heterocycles. The minimum Gasteiger partial charge on any atom is -0.383 e. The highest BCUT2D eigenvalue weighted by atomic mass is 16.2. The number of anilines is 3. The molecule has 17 nitrogen and oxygen atoms in total. The zero-order chi connectivity index (χ0) is 34.5. The third kappa shape index (κ3) is 6.96. The van der Waals surface area contributed by atoms with Crippen LogP contribution >= 0.6 is 0 Å². The van der Waals surface area contributed by atoms with Crippen LogP contribution in [0.3, 0.4) is 0 Å². The fourth-order valence-corrected chi connectivity index (χ4v) is 5.78. The van der Waals surface area contributed by atoms with Gasteiger partial charge in [-0.25, -0.2) is 39.6 Å². The summed E-state index contributed by atoms with van der Waals surface area (Å²) in [4.78, 5) is 62.6. The molecule has 17 heteroatoms. The van der Waals surface area contributed by atoms with Gasteiger partial charge in [-0.2, -0.15) is 5.10 Å². The molecule has 5 N–H and O–H groups in total. The van der Waals surface area contributed by atoms with Crippen LogP contribution in [0.15, 0.2) is 55.6 Å². The standard InChI is InChI=1S/C33H37N15O2/c1-2-25(49)37-14-21-15-39-32(40-16-21)46-9-11-47(12-10-46)33-41-18-24(19-42-33)31(50)36-6-3-4-8-48-30-26(28(34)43-20-44-30)27(45-48)23-13-22-5-7-35-29(22)38-17-23/h5,7,13,15-20H,2-4,6,8-12,14H2,1H3,(H,35,38)(H,36,50)(H,37,49)(H2,34,43,44). The molecular formula is C33H37N15O2. The van der Waals surface area contributed by atoms with Gasteiger partial charge in [-0.15, -0.1) is 0 Å². The molecule has 1 aliphatic heterocycles. The molecule has 0 radical (unpaired) electrons. The number of hydrogen-bond acceptors (Lipinski definition) is 13. The van der Waals surface area contributed by atoms with Crippen molar-refractivity contribution >= 4 is 51.6 Å². The number of aromatic amines is 1. The van der Waals surface area contributed by atoms with Gasteiger partial charge in [-0.1, -0.05) is 6.92 Å². The summed E-state index contributed by atoms with van der Waals surface area (Å²) in [7, 11) is 0. The van der Waals surface area contributed by atoms with Crippen molar-refractivity contribution in [3.63, 3.8) is 0 Å². The van der Waals surface area contributed by atoms with E-state index >= 15 is 0 Å². The quantitative estimate of drug-likeness (QED) is 0.137. The molecule has 0 bridgehead atoms. The maximum absolute atomic E-state index is 12.8. The predicted octanol–water partition coefficient (Wildman–Crippen LogP) is 2.09. The molecule has 6 aromatic rings. The van der Waals surface area contributed by atoms with E-state index in [9.17, 15) is 9.59 Å². The molecule has 0 aliphatic carbocycles. The molecule has 0 saturated carbocycles. The number of aromatic nitrogens is 10. The number of pyridine rings is 1. The molecule has 2 amide bonds. The number of H-pyrrole nitrogens is 1. The lowest BCUT2D eigenvalue weighted by Crippen LogP contribution is -2.47. The van der Waals surface area contributed by atoms with Crippen molar-refractivity contribution in [3.8, 4) is 11.3 Å². The summed E-state index contributed by atoms with van der Waals surface area (Å²) < 4.78 is 1.83. The average Bonchev–Trinajstić information content (AvgIpc) is 3.79. The Morgan fingerprint density at radius 2 is 1.60 bits per heavy atom. The Morgan fingerprint density at radius 1 is 0.880 bits per heavy atom. The lowest BCUT2D eigenvalue weighted by Gasteiger charge is -2.34. The molecular weight excluding hydrogens is 638 g/mol. The molecule has 0 unspecified atom stereocenters. The van der Waals surface area contributed by atoms with Crippen molar-refractivity contribution in [1.29, 1.82) is 0 Å². The molecule has 50 heavy (non-hydrogen) atoms. The lowest BCUT2D eigenvalue weighted by atomic mass is 10.1. The van der Waals surface area contributed by atoms with E-state index < -0.39 is 0 Å². The molecule has 6 aromatic heterocycles. The first kappa shape index (κ1) is 32.3. The summed E-state index contributed by atoms with van der Waals surface area (Å²) in [6.07, 6.45) is 13.6. The van der Waals surface area contributed by atoms with Crippen molar-refractivity contribution < 1.29 is 9.59 Å². The zero-order valence-electron chi connectivity index (χ0n) is 27.6. The van der Waals surface area contributed by atoms with Gasteiger partial charge in [-0.3, -0.25) is 9.59 Å². The number of carbonyl (C=O) groups is 2. The first-order valence-corrected chi connectivity index (χ1v) is 16.5. The SMILES string of the molecule is CCC(=O)NCc1cnc(N2CCN(c3ncc(C(=O)NCCCCn4nc(-c5cnc6[nH]ccc6c5)c5c(N)ncnc54)cn3)CC2)nc1. The van der Waals surface area contributed by atoms with Crippen LogP contribution in [0.4, 0.5) is 17.7 Å². The Kier molecular flexibility index (Phi) is 9.35. The van der Waals surface area contributed by atoms with Crippen LogP contribution in [0.1, 0.15) is 42.1 Å². The number of unbranched alkanes of at least 4 members (excludes halogenated alkanes) is 1. The van der Waals surface area contributed by atoms with E-state index in [-0.39, 0.29) is 11.8 Å². The first-order chi connectivity index (χ1) is 24.5. The van der Waals surface area contributed by atoms with E-state index in [0.29, 0.717) is 92.2 Å². The number of aryl methyl sites for hydroxylation is 1. The second-order valence-electron chi connectivity index (χ2n) is 11.9. The van der Waals surface area contributed by atoms with Crippen LogP contribution in [0, 0.1) is 0 Å². The number of piperazine rings is 1. The second kappa shape index (κ2) is 14.5. The fraction of sp³-hybridized carbons (Fsp3) is 0.333. The minimum absolute atomic E-state index is 0.00796. The molecule has 1 fully saturated rings. The lowest BCUT2D eigenvalue weighted by molar-refractivity contribution is -0.120. The van der Waals surface area contributed by atoms with Gasteiger partial charge >= 0.3 is 0 Å². The Bertz CT molecular complexity index is 2100. The number of nitrogens with one attached hydrogen (secondary N) is 3. The Morgan fingerprint density at radius 3 is 2.32 bits per heavy atom. The first-order valence-electron chi connectivity index (χ1n) is 16.5. The summed E-state index contributed by atoms with van der Waals surface area (Å²) in [6, 6.07) is 3.97. The Balaban J connectivity index is 0.876. The van der Waals surface area contributed by atoms with Gasteiger partial charge in [0.25, 0.3) is 5.91 Å². The number of rotatable bonds is 12. The zero-order valence-corrected chi connectivity index (χ0v) is 27.6. The van der Waals surface area contributed by atoms with E-state index in [1.807, 2.05) is 29.9 Å². The highest BCUT2D eigenvalue weighted by molar-refractivity contribution is 5.99. The van der Waals surface area contributed by atoms with Gasteiger partial charge in [0.1, 0.15) is 23.5 Å². The summed E-state index contributed by atoms with van der Waals surface area (Å²) >= 11 is 0. The van der Waals surface area contributed by atoms with Crippen LogP contribution in [0.2, 0.25) is 0 Å². The molecule has 1 aliphatic rings. The molecule has 0 spiro atoms. The van der Waals surface area contributed by atoms with Crippen molar-refractivity contribution in [1.82, 2.24) is 60.3 Å². The van der Waals surface area contributed by atoms with E-state index in [1.54, 1.807) is 31.0 Å². The van der Waals surface area contributed by atoms with Crippen LogP contribution < -0.4 is 26.2 Å². The van der Waals surface area contributed by atoms with Gasteiger partial charge in [0.15, 0.2) is 5.65 Å². The number of hydrogen-bond donors (Lipinski definition) is 4. The van der Waals surface area contributed by atoms with Crippen molar-refractivity contribution in [3.05, 3.63) is 66.8 Å². The van der Waals surface area contributed by atoms with E-state index in [1.165, 1.54) is 6.33 Å². The smallest absolute Gasteiger partial charge is 0.254 e. The third-order valence-corrected chi connectivity index (χ3v) is 8.56.